The Balaban J connectivity index is 1.75. The van der Waals surface area contributed by atoms with Gasteiger partial charge in [0, 0.05) is 29.0 Å². The van der Waals surface area contributed by atoms with E-state index in [-0.39, 0.29) is 0 Å². The number of nitrogens with one attached hydrogen (secondary N) is 2. The van der Waals surface area contributed by atoms with Crippen molar-refractivity contribution in [2.45, 2.75) is 13.5 Å². The fourth-order valence-corrected chi connectivity index (χ4v) is 2.29. The average molecular weight is 271 g/mol. The number of benzene rings is 2. The van der Waals surface area contributed by atoms with E-state index < -0.39 is 0 Å². The first-order valence-corrected chi connectivity index (χ1v) is 6.66. The van der Waals surface area contributed by atoms with Crippen molar-refractivity contribution >= 4 is 28.2 Å². The maximum absolute atomic E-state index is 6.11. The summed E-state index contributed by atoms with van der Waals surface area (Å²) in [6.07, 6.45) is 1.96. The van der Waals surface area contributed by atoms with Crippen LogP contribution in [0.1, 0.15) is 11.1 Å². The van der Waals surface area contributed by atoms with E-state index in [0.29, 0.717) is 0 Å². The van der Waals surface area contributed by atoms with Crippen LogP contribution in [0.15, 0.2) is 48.7 Å². The molecular weight excluding hydrogens is 256 g/mol. The Morgan fingerprint density at radius 1 is 1.11 bits per heavy atom. The van der Waals surface area contributed by atoms with Crippen LogP contribution in [-0.4, -0.2) is 4.98 Å². The Morgan fingerprint density at radius 3 is 2.84 bits per heavy atom. The van der Waals surface area contributed by atoms with Crippen molar-refractivity contribution in [3.63, 3.8) is 0 Å². The molecule has 0 aliphatic carbocycles. The topological polar surface area (TPSA) is 27.8 Å². The van der Waals surface area contributed by atoms with Crippen molar-refractivity contribution in [1.29, 1.82) is 0 Å². The number of aromatic amines is 1. The molecule has 1 heterocycles. The Kier molecular flexibility index (Phi) is 3.18. The molecule has 2 aromatic carbocycles. The van der Waals surface area contributed by atoms with Crippen molar-refractivity contribution < 1.29 is 0 Å². The average Bonchev–Trinajstić information content (AvgIpc) is 2.87. The highest BCUT2D eigenvalue weighted by Crippen LogP contribution is 2.21. The van der Waals surface area contributed by atoms with Crippen LogP contribution < -0.4 is 5.32 Å². The van der Waals surface area contributed by atoms with Gasteiger partial charge in [0.1, 0.15) is 0 Å². The highest BCUT2D eigenvalue weighted by molar-refractivity contribution is 6.31. The first-order chi connectivity index (χ1) is 9.22. The lowest BCUT2D eigenvalue weighted by atomic mass is 10.1. The molecule has 2 nitrogen and oxygen atoms in total. The molecule has 0 unspecified atom stereocenters. The van der Waals surface area contributed by atoms with Crippen LogP contribution in [0.25, 0.3) is 10.9 Å². The molecule has 0 saturated carbocycles. The molecule has 0 spiro atoms. The fourth-order valence-electron chi connectivity index (χ4n) is 2.11. The Labute approximate surface area is 117 Å². The fraction of sp³-hybridized carbons (Fsp3) is 0.125. The minimum Gasteiger partial charge on any atom is -0.381 e. The molecule has 2 N–H and O–H groups in total. The summed E-state index contributed by atoms with van der Waals surface area (Å²) in [5, 5.41) is 5.42. The predicted molar refractivity (Wildman–Crippen MR) is 81.8 cm³/mol. The van der Waals surface area contributed by atoms with Gasteiger partial charge in [-0.3, -0.25) is 0 Å². The second kappa shape index (κ2) is 4.98. The van der Waals surface area contributed by atoms with Crippen molar-refractivity contribution in [3.05, 3.63) is 64.8 Å². The zero-order valence-corrected chi connectivity index (χ0v) is 11.5. The molecule has 0 fully saturated rings. The molecular formula is C16H15ClN2. The maximum Gasteiger partial charge on any atom is 0.0457 e. The summed E-state index contributed by atoms with van der Waals surface area (Å²) >= 11 is 6.11. The van der Waals surface area contributed by atoms with Gasteiger partial charge in [0.05, 0.1) is 0 Å². The van der Waals surface area contributed by atoms with Gasteiger partial charge < -0.3 is 10.3 Å². The highest BCUT2D eigenvalue weighted by Gasteiger charge is 2.00. The largest absolute Gasteiger partial charge is 0.381 e. The lowest BCUT2D eigenvalue weighted by molar-refractivity contribution is 1.15. The molecule has 0 atom stereocenters. The quantitative estimate of drug-likeness (QED) is 0.707. The van der Waals surface area contributed by atoms with Gasteiger partial charge in [0.15, 0.2) is 0 Å². The molecule has 1 aromatic heterocycles. The number of hydrogen-bond acceptors (Lipinski definition) is 1. The van der Waals surface area contributed by atoms with E-state index in [4.69, 9.17) is 11.6 Å². The van der Waals surface area contributed by atoms with Gasteiger partial charge in [-0.15, -0.1) is 0 Å². The zero-order chi connectivity index (χ0) is 13.2. The molecule has 0 bridgehead atoms. The van der Waals surface area contributed by atoms with Crippen LogP contribution in [0.4, 0.5) is 5.69 Å². The van der Waals surface area contributed by atoms with E-state index >= 15 is 0 Å². The van der Waals surface area contributed by atoms with Crippen molar-refractivity contribution in [2.24, 2.45) is 0 Å². The molecule has 0 radical (unpaired) electrons. The van der Waals surface area contributed by atoms with Gasteiger partial charge in [-0.05, 0) is 47.7 Å². The van der Waals surface area contributed by atoms with Crippen LogP contribution in [0, 0.1) is 6.92 Å². The summed E-state index contributed by atoms with van der Waals surface area (Å²) in [6.45, 7) is 2.79. The molecule has 3 heteroatoms. The Morgan fingerprint density at radius 2 is 2.00 bits per heavy atom. The molecule has 19 heavy (non-hydrogen) atoms. The standard InChI is InChI=1S/C16H15ClN2/c1-11-2-5-14(9-15(11)17)19-10-12-3-4-13-6-7-18-16(13)8-12/h2-9,18-19H,10H2,1H3. The maximum atomic E-state index is 6.11. The normalized spacial score (nSPS) is 10.8. The first kappa shape index (κ1) is 12.1. The SMILES string of the molecule is Cc1ccc(NCc2ccc3cc[nH]c3c2)cc1Cl. The second-order valence-corrected chi connectivity index (χ2v) is 5.12. The van der Waals surface area contributed by atoms with Crippen LogP contribution in [0.3, 0.4) is 0 Å². The van der Waals surface area contributed by atoms with E-state index in [1.54, 1.807) is 0 Å². The third-order valence-electron chi connectivity index (χ3n) is 3.29. The smallest absolute Gasteiger partial charge is 0.0457 e. The van der Waals surface area contributed by atoms with Crippen molar-refractivity contribution in [1.82, 2.24) is 4.98 Å². The second-order valence-electron chi connectivity index (χ2n) is 4.72. The Hall–Kier alpha value is -1.93. The molecule has 0 saturated heterocycles. The summed E-state index contributed by atoms with van der Waals surface area (Å²) in [7, 11) is 0. The molecule has 0 amide bonds. The summed E-state index contributed by atoms with van der Waals surface area (Å²) < 4.78 is 0. The lowest BCUT2D eigenvalue weighted by Crippen LogP contribution is -1.99. The van der Waals surface area contributed by atoms with E-state index in [0.717, 1.165) is 22.8 Å². The number of fused-ring (bicyclic) bond motifs is 1. The van der Waals surface area contributed by atoms with Gasteiger partial charge >= 0.3 is 0 Å². The van der Waals surface area contributed by atoms with Crippen LogP contribution >= 0.6 is 11.6 Å². The molecule has 3 rings (SSSR count). The van der Waals surface area contributed by atoms with E-state index in [9.17, 15) is 0 Å². The number of halogens is 1. The summed E-state index contributed by atoms with van der Waals surface area (Å²) in [6, 6.07) is 14.5. The van der Waals surface area contributed by atoms with Gasteiger partial charge in [0.2, 0.25) is 0 Å². The van der Waals surface area contributed by atoms with E-state index in [1.165, 1.54) is 16.5 Å². The third kappa shape index (κ3) is 2.59. The van der Waals surface area contributed by atoms with Crippen LogP contribution in [0.2, 0.25) is 5.02 Å². The predicted octanol–water partition coefficient (Wildman–Crippen LogP) is 4.74. The van der Waals surface area contributed by atoms with Crippen LogP contribution in [0.5, 0.6) is 0 Å². The van der Waals surface area contributed by atoms with Gasteiger partial charge in [-0.1, -0.05) is 29.8 Å². The van der Waals surface area contributed by atoms with Gasteiger partial charge in [0.25, 0.3) is 0 Å². The summed E-state index contributed by atoms with van der Waals surface area (Å²) in [5.74, 6) is 0. The summed E-state index contributed by atoms with van der Waals surface area (Å²) in [4.78, 5) is 3.23. The number of rotatable bonds is 3. The molecule has 0 aliphatic heterocycles. The van der Waals surface area contributed by atoms with Gasteiger partial charge in [-0.25, -0.2) is 0 Å². The Bertz CT molecular complexity index is 716. The van der Waals surface area contributed by atoms with Crippen molar-refractivity contribution in [2.75, 3.05) is 5.32 Å². The number of hydrogen-bond donors (Lipinski definition) is 2. The first-order valence-electron chi connectivity index (χ1n) is 6.28. The minimum atomic E-state index is 0.786. The number of aromatic nitrogens is 1. The highest BCUT2D eigenvalue weighted by atomic mass is 35.5. The third-order valence-corrected chi connectivity index (χ3v) is 3.70. The zero-order valence-electron chi connectivity index (χ0n) is 10.7. The summed E-state index contributed by atoms with van der Waals surface area (Å²) in [5.41, 5.74) is 4.55. The van der Waals surface area contributed by atoms with Crippen LogP contribution in [-0.2, 0) is 6.54 Å². The number of aryl methyl sites for hydroxylation is 1. The van der Waals surface area contributed by atoms with E-state index in [2.05, 4.69) is 34.6 Å². The van der Waals surface area contributed by atoms with Crippen molar-refractivity contribution in [3.8, 4) is 0 Å². The minimum absolute atomic E-state index is 0.786. The number of anilines is 1. The molecule has 96 valence electrons. The monoisotopic (exact) mass is 270 g/mol. The lowest BCUT2D eigenvalue weighted by Gasteiger charge is -2.08. The number of H-pyrrole nitrogens is 1. The van der Waals surface area contributed by atoms with Gasteiger partial charge in [-0.2, -0.15) is 0 Å². The molecule has 3 aromatic rings. The van der Waals surface area contributed by atoms with E-state index in [1.807, 2.05) is 31.3 Å². The molecule has 0 aliphatic rings.